The molecule has 2 N–H and O–H groups in total. The van der Waals surface area contributed by atoms with Crippen molar-refractivity contribution in [1.82, 2.24) is 9.78 Å². The predicted molar refractivity (Wildman–Crippen MR) is 57.3 cm³/mol. The van der Waals surface area contributed by atoms with Gasteiger partial charge in [-0.15, -0.1) is 0 Å². The van der Waals surface area contributed by atoms with E-state index in [9.17, 15) is 4.79 Å². The average Bonchev–Trinajstić information content (AvgIpc) is 2.48. The predicted octanol–water partition coefficient (Wildman–Crippen LogP) is 1.07. The quantitative estimate of drug-likeness (QED) is 0.759. The molecule has 1 rings (SSSR count). The molecule has 5 nitrogen and oxygen atoms in total. The van der Waals surface area contributed by atoms with Crippen molar-refractivity contribution in [2.45, 2.75) is 33.2 Å². The minimum atomic E-state index is -0.821. The van der Waals surface area contributed by atoms with Crippen LogP contribution in [0.3, 0.4) is 0 Å². The summed E-state index contributed by atoms with van der Waals surface area (Å²) in [5.74, 6) is -0.312. The van der Waals surface area contributed by atoms with Crippen LogP contribution in [0.4, 0.5) is 5.69 Å². The van der Waals surface area contributed by atoms with Crippen LogP contribution in [0, 0.1) is 6.92 Å². The van der Waals surface area contributed by atoms with Crippen molar-refractivity contribution in [3.8, 4) is 0 Å². The van der Waals surface area contributed by atoms with E-state index >= 15 is 0 Å². The van der Waals surface area contributed by atoms with Gasteiger partial charge in [-0.1, -0.05) is 0 Å². The van der Waals surface area contributed by atoms with Crippen molar-refractivity contribution >= 4 is 11.7 Å². The minimum Gasteiger partial charge on any atom is -0.464 e. The number of hydrogen-bond donors (Lipinski definition) is 1. The first-order chi connectivity index (χ1) is 6.89. The van der Waals surface area contributed by atoms with Crippen molar-refractivity contribution in [2.24, 2.45) is 0 Å². The Morgan fingerprint density at radius 2 is 2.27 bits per heavy atom. The zero-order valence-electron chi connectivity index (χ0n) is 9.57. The van der Waals surface area contributed by atoms with Crippen LogP contribution in [0.1, 0.15) is 26.5 Å². The van der Waals surface area contributed by atoms with Gasteiger partial charge in [0, 0.05) is 6.20 Å². The molecule has 0 saturated carbocycles. The van der Waals surface area contributed by atoms with Crippen LogP contribution in [0.2, 0.25) is 0 Å². The Bertz CT molecular complexity index is 349. The maximum atomic E-state index is 11.7. The monoisotopic (exact) mass is 211 g/mol. The maximum absolute atomic E-state index is 11.7. The highest BCUT2D eigenvalue weighted by Gasteiger charge is 2.32. The van der Waals surface area contributed by atoms with Gasteiger partial charge in [0.15, 0.2) is 5.54 Å². The van der Waals surface area contributed by atoms with Crippen LogP contribution < -0.4 is 5.73 Å². The number of aryl methyl sites for hydroxylation is 1. The Morgan fingerprint density at radius 3 is 2.67 bits per heavy atom. The summed E-state index contributed by atoms with van der Waals surface area (Å²) in [5, 5.41) is 4.18. The molecule has 0 aromatic carbocycles. The average molecular weight is 211 g/mol. The first-order valence-corrected chi connectivity index (χ1v) is 4.89. The Labute approximate surface area is 89.2 Å². The fraction of sp³-hybridized carbons (Fsp3) is 0.600. The summed E-state index contributed by atoms with van der Waals surface area (Å²) in [6.07, 6.45) is 1.65. The van der Waals surface area contributed by atoms with Crippen molar-refractivity contribution in [3.63, 3.8) is 0 Å². The number of nitrogens with zero attached hydrogens (tertiary/aromatic N) is 2. The zero-order chi connectivity index (χ0) is 11.6. The highest BCUT2D eigenvalue weighted by molar-refractivity contribution is 5.77. The Morgan fingerprint density at radius 1 is 1.67 bits per heavy atom. The van der Waals surface area contributed by atoms with Gasteiger partial charge < -0.3 is 10.5 Å². The molecule has 5 heteroatoms. The molecule has 15 heavy (non-hydrogen) atoms. The van der Waals surface area contributed by atoms with Gasteiger partial charge in [0.2, 0.25) is 0 Å². The van der Waals surface area contributed by atoms with Crippen LogP contribution in [0.5, 0.6) is 0 Å². The van der Waals surface area contributed by atoms with E-state index in [1.54, 1.807) is 33.9 Å². The molecule has 0 aliphatic rings. The number of nitrogen functional groups attached to an aromatic ring is 1. The second kappa shape index (κ2) is 3.92. The molecular formula is C10H17N3O2. The van der Waals surface area contributed by atoms with E-state index in [0.29, 0.717) is 18.0 Å². The van der Waals surface area contributed by atoms with Gasteiger partial charge in [0.05, 0.1) is 18.0 Å². The summed E-state index contributed by atoms with van der Waals surface area (Å²) in [7, 11) is 0. The molecule has 0 saturated heterocycles. The molecule has 0 aliphatic heterocycles. The fourth-order valence-electron chi connectivity index (χ4n) is 1.16. The van der Waals surface area contributed by atoms with Gasteiger partial charge in [-0.2, -0.15) is 5.10 Å². The summed E-state index contributed by atoms with van der Waals surface area (Å²) >= 11 is 0. The van der Waals surface area contributed by atoms with Crippen molar-refractivity contribution in [2.75, 3.05) is 12.3 Å². The van der Waals surface area contributed by atoms with Gasteiger partial charge in [0.1, 0.15) is 0 Å². The number of rotatable bonds is 3. The lowest BCUT2D eigenvalue weighted by molar-refractivity contribution is -0.152. The van der Waals surface area contributed by atoms with Gasteiger partial charge in [-0.25, -0.2) is 4.79 Å². The molecule has 0 fully saturated rings. The van der Waals surface area contributed by atoms with Crippen LogP contribution in [-0.2, 0) is 15.1 Å². The number of carbonyl (C=O) groups is 1. The number of hydrogen-bond acceptors (Lipinski definition) is 4. The van der Waals surface area contributed by atoms with Crippen LogP contribution in [0.25, 0.3) is 0 Å². The molecule has 0 atom stereocenters. The summed E-state index contributed by atoms with van der Waals surface area (Å²) in [6, 6.07) is 0. The molecule has 0 aliphatic carbocycles. The standard InChI is InChI=1S/C10H17N3O2/c1-5-15-9(14)10(3,4)13-6-8(11)7(2)12-13/h6H,5,11H2,1-4H3. The SMILES string of the molecule is CCOC(=O)C(C)(C)n1cc(N)c(C)n1. The summed E-state index contributed by atoms with van der Waals surface area (Å²) in [5.41, 5.74) is 6.15. The number of carbonyl (C=O) groups excluding carboxylic acids is 1. The minimum absolute atomic E-state index is 0.312. The zero-order valence-corrected chi connectivity index (χ0v) is 9.57. The van der Waals surface area contributed by atoms with E-state index < -0.39 is 5.54 Å². The normalized spacial score (nSPS) is 11.5. The molecule has 84 valence electrons. The second-order valence-corrected chi connectivity index (χ2v) is 3.89. The third kappa shape index (κ3) is 2.11. The second-order valence-electron chi connectivity index (χ2n) is 3.89. The van der Waals surface area contributed by atoms with Gasteiger partial charge in [0.25, 0.3) is 0 Å². The number of esters is 1. The van der Waals surface area contributed by atoms with E-state index in [0.717, 1.165) is 0 Å². The Kier molecular flexibility index (Phi) is 3.02. The van der Waals surface area contributed by atoms with Crippen molar-refractivity contribution < 1.29 is 9.53 Å². The molecular weight excluding hydrogens is 194 g/mol. The number of nitrogens with two attached hydrogens (primary N) is 1. The molecule has 0 amide bonds. The van der Waals surface area contributed by atoms with Gasteiger partial charge >= 0.3 is 5.97 Å². The topological polar surface area (TPSA) is 70.1 Å². The van der Waals surface area contributed by atoms with Gasteiger partial charge in [-0.3, -0.25) is 4.68 Å². The lowest BCUT2D eigenvalue weighted by Crippen LogP contribution is -2.37. The first-order valence-electron chi connectivity index (χ1n) is 4.89. The van der Waals surface area contributed by atoms with Crippen LogP contribution >= 0.6 is 0 Å². The van der Waals surface area contributed by atoms with E-state index in [1.807, 2.05) is 0 Å². The highest BCUT2D eigenvalue weighted by Crippen LogP contribution is 2.19. The first kappa shape index (κ1) is 11.6. The Balaban J connectivity index is 2.99. The molecule has 0 spiro atoms. The van der Waals surface area contributed by atoms with E-state index in [-0.39, 0.29) is 5.97 Å². The van der Waals surface area contributed by atoms with Crippen molar-refractivity contribution in [1.29, 1.82) is 0 Å². The van der Waals surface area contributed by atoms with Crippen LogP contribution in [0.15, 0.2) is 6.20 Å². The molecule has 1 aromatic heterocycles. The largest absolute Gasteiger partial charge is 0.464 e. The smallest absolute Gasteiger partial charge is 0.333 e. The molecule has 0 radical (unpaired) electrons. The summed E-state index contributed by atoms with van der Waals surface area (Å²) in [4.78, 5) is 11.7. The third-order valence-electron chi connectivity index (χ3n) is 2.28. The summed E-state index contributed by atoms with van der Waals surface area (Å²) in [6.45, 7) is 7.43. The van der Waals surface area contributed by atoms with Gasteiger partial charge in [-0.05, 0) is 27.7 Å². The van der Waals surface area contributed by atoms with E-state index in [2.05, 4.69) is 5.10 Å². The summed E-state index contributed by atoms with van der Waals surface area (Å²) < 4.78 is 6.51. The number of anilines is 1. The lowest BCUT2D eigenvalue weighted by atomic mass is 10.1. The molecule has 1 heterocycles. The van der Waals surface area contributed by atoms with Crippen LogP contribution in [-0.4, -0.2) is 22.4 Å². The molecule has 1 aromatic rings. The van der Waals surface area contributed by atoms with E-state index in [4.69, 9.17) is 10.5 Å². The third-order valence-corrected chi connectivity index (χ3v) is 2.28. The molecule has 0 bridgehead atoms. The number of aromatic nitrogens is 2. The Hall–Kier alpha value is -1.52. The van der Waals surface area contributed by atoms with Crippen molar-refractivity contribution in [3.05, 3.63) is 11.9 Å². The van der Waals surface area contributed by atoms with E-state index in [1.165, 1.54) is 4.68 Å². The molecule has 0 unspecified atom stereocenters. The number of ether oxygens (including phenoxy) is 1. The maximum Gasteiger partial charge on any atom is 0.333 e. The fourth-order valence-corrected chi connectivity index (χ4v) is 1.16. The lowest BCUT2D eigenvalue weighted by Gasteiger charge is -2.22. The highest BCUT2D eigenvalue weighted by atomic mass is 16.5.